The third kappa shape index (κ3) is 3.44. The van der Waals surface area contributed by atoms with Gasteiger partial charge in [0, 0.05) is 18.3 Å². The number of carbonyl (C=O) groups is 1. The molecule has 2 N–H and O–H groups in total. The second kappa shape index (κ2) is 6.51. The Kier molecular flexibility index (Phi) is 4.49. The molecule has 0 unspecified atom stereocenters. The van der Waals surface area contributed by atoms with Crippen LogP contribution in [0.25, 0.3) is 0 Å². The Morgan fingerprint density at radius 1 is 1.35 bits per heavy atom. The highest BCUT2D eigenvalue weighted by Crippen LogP contribution is 2.19. The fraction of sp³-hybridized carbons (Fsp3) is 0.214. The molecular weight excluding hydrogens is 258 g/mol. The predicted molar refractivity (Wildman–Crippen MR) is 73.4 cm³/mol. The van der Waals surface area contributed by atoms with Gasteiger partial charge >= 0.3 is 5.97 Å². The van der Waals surface area contributed by atoms with E-state index in [9.17, 15) is 4.79 Å². The third-order valence-electron chi connectivity index (χ3n) is 2.60. The van der Waals surface area contributed by atoms with Gasteiger partial charge in [-0.2, -0.15) is 0 Å². The Morgan fingerprint density at radius 2 is 2.20 bits per heavy atom. The molecule has 0 aliphatic rings. The van der Waals surface area contributed by atoms with E-state index in [0.717, 1.165) is 5.69 Å². The van der Waals surface area contributed by atoms with Crippen LogP contribution in [0.2, 0.25) is 0 Å². The first kappa shape index (κ1) is 13.8. The maximum Gasteiger partial charge on any atom is 0.343 e. The van der Waals surface area contributed by atoms with E-state index in [4.69, 9.17) is 10.5 Å². The Balaban J connectivity index is 2.04. The van der Waals surface area contributed by atoms with Crippen molar-refractivity contribution in [1.82, 2.24) is 9.97 Å². The van der Waals surface area contributed by atoms with Gasteiger partial charge in [-0.25, -0.2) is 9.78 Å². The topological polar surface area (TPSA) is 87.3 Å². The standard InChI is InChI=1S/C14H15N3O3/c1-19-14(18)12-8-10(15)9-17-13(12)20-7-5-11-4-2-3-6-16-11/h2-4,6,8-9H,5,7,15H2,1H3. The number of aromatic nitrogens is 2. The van der Waals surface area contributed by atoms with Gasteiger partial charge in [-0.1, -0.05) is 6.07 Å². The molecule has 2 heterocycles. The van der Waals surface area contributed by atoms with Crippen LogP contribution in [0.3, 0.4) is 0 Å². The molecule has 0 radical (unpaired) electrons. The van der Waals surface area contributed by atoms with Crippen LogP contribution in [0.1, 0.15) is 16.1 Å². The summed E-state index contributed by atoms with van der Waals surface area (Å²) in [4.78, 5) is 19.8. The second-order valence-corrected chi connectivity index (χ2v) is 4.03. The minimum absolute atomic E-state index is 0.210. The molecule has 0 atom stereocenters. The van der Waals surface area contributed by atoms with Crippen LogP contribution in [0.5, 0.6) is 5.88 Å². The molecule has 20 heavy (non-hydrogen) atoms. The molecule has 2 aromatic rings. The molecule has 0 spiro atoms. The molecule has 0 saturated heterocycles. The van der Waals surface area contributed by atoms with Crippen LogP contribution in [-0.4, -0.2) is 29.7 Å². The molecule has 0 aromatic carbocycles. The maximum atomic E-state index is 11.6. The van der Waals surface area contributed by atoms with E-state index in [1.54, 1.807) is 6.20 Å². The summed E-state index contributed by atoms with van der Waals surface area (Å²) in [5.41, 5.74) is 7.10. The molecular formula is C14H15N3O3. The third-order valence-corrected chi connectivity index (χ3v) is 2.60. The molecule has 0 bridgehead atoms. The Hall–Kier alpha value is -2.63. The summed E-state index contributed by atoms with van der Waals surface area (Å²) in [5.74, 6) is -0.320. The lowest BCUT2D eigenvalue weighted by Gasteiger charge is -2.09. The van der Waals surface area contributed by atoms with E-state index < -0.39 is 5.97 Å². The fourth-order valence-electron chi connectivity index (χ4n) is 1.64. The van der Waals surface area contributed by atoms with Gasteiger partial charge in [-0.3, -0.25) is 4.98 Å². The number of pyridine rings is 2. The van der Waals surface area contributed by atoms with E-state index >= 15 is 0 Å². The van der Waals surface area contributed by atoms with Gasteiger partial charge < -0.3 is 15.2 Å². The number of nitrogens with two attached hydrogens (primary N) is 1. The van der Waals surface area contributed by atoms with Crippen molar-refractivity contribution in [3.05, 3.63) is 47.9 Å². The number of nitrogen functional groups attached to an aromatic ring is 1. The number of anilines is 1. The van der Waals surface area contributed by atoms with Gasteiger partial charge in [0.1, 0.15) is 5.56 Å². The van der Waals surface area contributed by atoms with Crippen molar-refractivity contribution < 1.29 is 14.3 Å². The number of carbonyl (C=O) groups excluding carboxylic acids is 1. The summed E-state index contributed by atoms with van der Waals surface area (Å²) in [5, 5.41) is 0. The van der Waals surface area contributed by atoms with Crippen molar-refractivity contribution in [2.75, 3.05) is 19.5 Å². The van der Waals surface area contributed by atoms with E-state index in [2.05, 4.69) is 14.7 Å². The molecule has 0 aliphatic heterocycles. The zero-order valence-corrected chi connectivity index (χ0v) is 11.1. The van der Waals surface area contributed by atoms with Crippen molar-refractivity contribution in [3.63, 3.8) is 0 Å². The Bertz CT molecular complexity index is 587. The SMILES string of the molecule is COC(=O)c1cc(N)cnc1OCCc1ccccn1. The highest BCUT2D eigenvalue weighted by molar-refractivity contribution is 5.92. The summed E-state index contributed by atoms with van der Waals surface area (Å²) in [6.45, 7) is 0.359. The lowest BCUT2D eigenvalue weighted by molar-refractivity contribution is 0.0595. The summed E-state index contributed by atoms with van der Waals surface area (Å²) < 4.78 is 10.2. The fourth-order valence-corrected chi connectivity index (χ4v) is 1.64. The molecule has 104 valence electrons. The summed E-state index contributed by atoms with van der Waals surface area (Å²) in [7, 11) is 1.29. The average Bonchev–Trinajstić information content (AvgIpc) is 2.49. The summed E-state index contributed by atoms with van der Waals surface area (Å²) >= 11 is 0. The smallest absolute Gasteiger partial charge is 0.343 e. The number of ether oxygens (including phenoxy) is 2. The van der Waals surface area contributed by atoms with Gasteiger partial charge in [-0.15, -0.1) is 0 Å². The van der Waals surface area contributed by atoms with Crippen LogP contribution >= 0.6 is 0 Å². The molecule has 6 nitrogen and oxygen atoms in total. The van der Waals surface area contributed by atoms with Crippen LogP contribution in [-0.2, 0) is 11.2 Å². The van der Waals surface area contributed by atoms with Gasteiger partial charge in [0.2, 0.25) is 5.88 Å². The average molecular weight is 273 g/mol. The van der Waals surface area contributed by atoms with Crippen LogP contribution in [0.15, 0.2) is 36.7 Å². The number of hydrogen-bond donors (Lipinski definition) is 1. The second-order valence-electron chi connectivity index (χ2n) is 4.03. The normalized spacial score (nSPS) is 10.1. The zero-order chi connectivity index (χ0) is 14.4. The number of nitrogens with zero attached hydrogens (tertiary/aromatic N) is 2. The van der Waals surface area contributed by atoms with Crippen molar-refractivity contribution >= 4 is 11.7 Å². The maximum absolute atomic E-state index is 11.6. The number of rotatable bonds is 5. The molecule has 0 aliphatic carbocycles. The quantitative estimate of drug-likeness (QED) is 0.830. The van der Waals surface area contributed by atoms with E-state index in [0.29, 0.717) is 18.7 Å². The van der Waals surface area contributed by atoms with Gasteiger partial charge in [0.05, 0.1) is 25.6 Å². The molecule has 2 rings (SSSR count). The number of methoxy groups -OCH3 is 1. The zero-order valence-electron chi connectivity index (χ0n) is 11.1. The largest absolute Gasteiger partial charge is 0.477 e. The Morgan fingerprint density at radius 3 is 2.90 bits per heavy atom. The number of hydrogen-bond acceptors (Lipinski definition) is 6. The Labute approximate surface area is 116 Å². The monoisotopic (exact) mass is 273 g/mol. The molecule has 6 heteroatoms. The summed E-state index contributed by atoms with van der Waals surface area (Å²) in [6.07, 6.45) is 3.77. The lowest BCUT2D eigenvalue weighted by atomic mass is 10.2. The molecule has 0 amide bonds. The van der Waals surface area contributed by atoms with Crippen molar-refractivity contribution in [2.45, 2.75) is 6.42 Å². The van der Waals surface area contributed by atoms with Crippen LogP contribution < -0.4 is 10.5 Å². The van der Waals surface area contributed by atoms with Gasteiger partial charge in [-0.05, 0) is 18.2 Å². The molecule has 0 fully saturated rings. The highest BCUT2D eigenvalue weighted by atomic mass is 16.5. The lowest BCUT2D eigenvalue weighted by Crippen LogP contribution is -2.10. The highest BCUT2D eigenvalue weighted by Gasteiger charge is 2.15. The van der Waals surface area contributed by atoms with E-state index in [1.165, 1.54) is 19.4 Å². The van der Waals surface area contributed by atoms with Crippen LogP contribution in [0, 0.1) is 0 Å². The van der Waals surface area contributed by atoms with E-state index in [1.807, 2.05) is 18.2 Å². The van der Waals surface area contributed by atoms with Crippen LogP contribution in [0.4, 0.5) is 5.69 Å². The first-order chi connectivity index (χ1) is 9.70. The minimum Gasteiger partial charge on any atom is -0.477 e. The van der Waals surface area contributed by atoms with Gasteiger partial charge in [0.15, 0.2) is 0 Å². The van der Waals surface area contributed by atoms with Crippen molar-refractivity contribution in [1.29, 1.82) is 0 Å². The first-order valence-corrected chi connectivity index (χ1v) is 6.07. The van der Waals surface area contributed by atoms with Crippen molar-refractivity contribution in [3.8, 4) is 5.88 Å². The molecule has 0 saturated carbocycles. The predicted octanol–water partition coefficient (Wildman–Crippen LogP) is 1.47. The number of esters is 1. The van der Waals surface area contributed by atoms with Crippen molar-refractivity contribution in [2.24, 2.45) is 0 Å². The first-order valence-electron chi connectivity index (χ1n) is 6.07. The molecule has 2 aromatic heterocycles. The minimum atomic E-state index is -0.530. The van der Waals surface area contributed by atoms with E-state index in [-0.39, 0.29) is 11.4 Å². The van der Waals surface area contributed by atoms with Gasteiger partial charge in [0.25, 0.3) is 0 Å². The summed E-state index contributed by atoms with van der Waals surface area (Å²) in [6, 6.07) is 7.14.